The van der Waals surface area contributed by atoms with Crippen LogP contribution in [0.5, 0.6) is 0 Å². The summed E-state index contributed by atoms with van der Waals surface area (Å²) in [6.07, 6.45) is 4.61. The molecule has 0 radical (unpaired) electrons. The summed E-state index contributed by atoms with van der Waals surface area (Å²) in [4.78, 5) is 10.9. The molecule has 1 atom stereocenters. The fourth-order valence-corrected chi connectivity index (χ4v) is 3.18. The Morgan fingerprint density at radius 2 is 2.00 bits per heavy atom. The predicted molar refractivity (Wildman–Crippen MR) is 101 cm³/mol. The van der Waals surface area contributed by atoms with Gasteiger partial charge in [-0.25, -0.2) is 9.97 Å². The van der Waals surface area contributed by atoms with Crippen molar-refractivity contribution in [1.82, 2.24) is 15.3 Å². The number of hydrogen-bond acceptors (Lipinski definition) is 4. The van der Waals surface area contributed by atoms with Gasteiger partial charge in [-0.2, -0.15) is 0 Å². The maximum absolute atomic E-state index is 6.20. The van der Waals surface area contributed by atoms with Crippen LogP contribution in [-0.2, 0) is 6.54 Å². The quantitative estimate of drug-likeness (QED) is 0.771. The Balaban J connectivity index is 0.00000192. The molecule has 3 rings (SSSR count). The van der Waals surface area contributed by atoms with E-state index in [0.29, 0.717) is 16.1 Å². The molecule has 23 heavy (non-hydrogen) atoms. The van der Waals surface area contributed by atoms with E-state index in [9.17, 15) is 0 Å². The highest BCUT2D eigenvalue weighted by atomic mass is 79.9. The molecular formula is C15H16BrCl3N4. The molecule has 2 aromatic rings. The van der Waals surface area contributed by atoms with E-state index >= 15 is 0 Å². The Kier molecular flexibility index (Phi) is 6.92. The maximum atomic E-state index is 6.20. The van der Waals surface area contributed by atoms with Crippen LogP contribution in [0.2, 0.25) is 10.0 Å². The van der Waals surface area contributed by atoms with Gasteiger partial charge >= 0.3 is 0 Å². The van der Waals surface area contributed by atoms with E-state index < -0.39 is 0 Å². The lowest BCUT2D eigenvalue weighted by Crippen LogP contribution is -2.32. The molecule has 2 heterocycles. The summed E-state index contributed by atoms with van der Waals surface area (Å²) in [6, 6.07) is 6.00. The molecule has 0 saturated carbocycles. The zero-order valence-corrected chi connectivity index (χ0v) is 16.1. The Morgan fingerprint density at radius 1 is 1.26 bits per heavy atom. The van der Waals surface area contributed by atoms with Crippen molar-refractivity contribution in [2.24, 2.45) is 0 Å². The van der Waals surface area contributed by atoms with Crippen molar-refractivity contribution in [3.63, 3.8) is 0 Å². The van der Waals surface area contributed by atoms with E-state index in [1.165, 1.54) is 0 Å². The van der Waals surface area contributed by atoms with Crippen LogP contribution in [0.15, 0.2) is 35.1 Å². The fourth-order valence-electron chi connectivity index (χ4n) is 2.50. The number of nitrogens with zero attached hydrogens (tertiary/aromatic N) is 3. The summed E-state index contributed by atoms with van der Waals surface area (Å²) in [6.45, 7) is 2.58. The highest BCUT2D eigenvalue weighted by Gasteiger charge is 2.23. The highest BCUT2D eigenvalue weighted by Crippen LogP contribution is 2.22. The number of hydrogen-bond donors (Lipinski definition) is 1. The normalized spacial score (nSPS) is 17.2. The van der Waals surface area contributed by atoms with Crippen LogP contribution in [-0.4, -0.2) is 29.1 Å². The third kappa shape index (κ3) is 4.94. The molecule has 124 valence electrons. The second-order valence-corrected chi connectivity index (χ2v) is 7.01. The Bertz CT molecular complexity index is 654. The first-order chi connectivity index (χ1) is 10.6. The molecule has 0 aliphatic carbocycles. The van der Waals surface area contributed by atoms with Gasteiger partial charge in [0.15, 0.2) is 0 Å². The van der Waals surface area contributed by atoms with Gasteiger partial charge in [-0.1, -0.05) is 29.3 Å². The van der Waals surface area contributed by atoms with Crippen molar-refractivity contribution in [3.05, 3.63) is 50.7 Å². The average molecular weight is 439 g/mol. The number of rotatable bonds is 4. The zero-order valence-electron chi connectivity index (χ0n) is 12.2. The molecule has 8 heteroatoms. The molecular weight excluding hydrogens is 422 g/mol. The number of aromatic nitrogens is 2. The number of halogens is 4. The second kappa shape index (κ2) is 8.49. The van der Waals surface area contributed by atoms with Gasteiger partial charge in [0.2, 0.25) is 5.95 Å². The van der Waals surface area contributed by atoms with Crippen molar-refractivity contribution in [2.45, 2.75) is 19.0 Å². The van der Waals surface area contributed by atoms with Gasteiger partial charge in [0.05, 0.1) is 4.47 Å². The van der Waals surface area contributed by atoms with Gasteiger partial charge in [-0.05, 0) is 40.0 Å². The summed E-state index contributed by atoms with van der Waals surface area (Å²) in [5, 5.41) is 4.90. The maximum Gasteiger partial charge on any atom is 0.225 e. The van der Waals surface area contributed by atoms with E-state index in [2.05, 4.69) is 36.1 Å². The first kappa shape index (κ1) is 18.7. The number of benzene rings is 1. The summed E-state index contributed by atoms with van der Waals surface area (Å²) in [7, 11) is 0. The molecule has 0 bridgehead atoms. The molecule has 1 saturated heterocycles. The van der Waals surface area contributed by atoms with Gasteiger partial charge in [-0.15, -0.1) is 12.4 Å². The monoisotopic (exact) mass is 436 g/mol. The first-order valence-corrected chi connectivity index (χ1v) is 8.56. The molecule has 0 unspecified atom stereocenters. The lowest BCUT2D eigenvalue weighted by atomic mass is 10.2. The Morgan fingerprint density at radius 3 is 2.70 bits per heavy atom. The molecule has 1 aromatic heterocycles. The summed E-state index contributed by atoms with van der Waals surface area (Å²) < 4.78 is 0.891. The molecule has 1 fully saturated rings. The third-order valence-corrected chi connectivity index (χ3v) is 4.67. The van der Waals surface area contributed by atoms with Crippen molar-refractivity contribution in [3.8, 4) is 0 Å². The van der Waals surface area contributed by atoms with Gasteiger partial charge < -0.3 is 10.2 Å². The van der Waals surface area contributed by atoms with Crippen LogP contribution in [0.25, 0.3) is 0 Å². The SMILES string of the molecule is Cl.Clc1ccc(CN[C@H]2CCN(c3ncc(Br)cn3)C2)c(Cl)c1. The average Bonchev–Trinajstić information content (AvgIpc) is 2.96. The largest absolute Gasteiger partial charge is 0.339 e. The van der Waals surface area contributed by atoms with Crippen LogP contribution in [0.4, 0.5) is 5.95 Å². The van der Waals surface area contributed by atoms with E-state index in [4.69, 9.17) is 23.2 Å². The molecule has 4 nitrogen and oxygen atoms in total. The van der Waals surface area contributed by atoms with Crippen LogP contribution < -0.4 is 10.2 Å². The highest BCUT2D eigenvalue weighted by molar-refractivity contribution is 9.10. The Labute approximate surface area is 160 Å². The van der Waals surface area contributed by atoms with E-state index in [1.54, 1.807) is 18.5 Å². The van der Waals surface area contributed by atoms with E-state index in [1.807, 2.05) is 12.1 Å². The molecule has 1 N–H and O–H groups in total. The summed E-state index contributed by atoms with van der Waals surface area (Å²) >= 11 is 15.5. The number of nitrogens with one attached hydrogen (secondary N) is 1. The van der Waals surface area contributed by atoms with Crippen LogP contribution in [0, 0.1) is 0 Å². The third-order valence-electron chi connectivity index (χ3n) is 3.67. The van der Waals surface area contributed by atoms with Crippen molar-refractivity contribution >= 4 is 57.5 Å². The predicted octanol–water partition coefficient (Wildman–Crippen LogP) is 4.34. The van der Waals surface area contributed by atoms with Crippen molar-refractivity contribution < 1.29 is 0 Å². The fraction of sp³-hybridized carbons (Fsp3) is 0.333. The van der Waals surface area contributed by atoms with Crippen molar-refractivity contribution in [1.29, 1.82) is 0 Å². The zero-order chi connectivity index (χ0) is 15.5. The lowest BCUT2D eigenvalue weighted by Gasteiger charge is -2.17. The minimum absolute atomic E-state index is 0. The molecule has 1 aromatic carbocycles. The topological polar surface area (TPSA) is 41.0 Å². The summed E-state index contributed by atoms with van der Waals surface area (Å²) in [5.41, 5.74) is 1.06. The van der Waals surface area contributed by atoms with Gasteiger partial charge in [0, 0.05) is 48.1 Å². The molecule has 0 amide bonds. The second-order valence-electron chi connectivity index (χ2n) is 5.25. The lowest BCUT2D eigenvalue weighted by molar-refractivity contribution is 0.551. The molecule has 1 aliphatic heterocycles. The van der Waals surface area contributed by atoms with E-state index in [0.717, 1.165) is 42.0 Å². The Hall–Kier alpha value is -0.590. The molecule has 0 spiro atoms. The standard InChI is InChI=1S/C15H15BrCl2N4.ClH/c16-11-7-20-15(21-8-11)22-4-3-13(9-22)19-6-10-1-2-12(17)5-14(10)18;/h1-2,5,7-8,13,19H,3-4,6,9H2;1H/t13-;/m0./s1. The van der Waals surface area contributed by atoms with Crippen LogP contribution in [0.1, 0.15) is 12.0 Å². The van der Waals surface area contributed by atoms with Crippen LogP contribution >= 0.6 is 51.5 Å². The first-order valence-electron chi connectivity index (χ1n) is 7.01. The van der Waals surface area contributed by atoms with Crippen LogP contribution in [0.3, 0.4) is 0 Å². The smallest absolute Gasteiger partial charge is 0.225 e. The molecule has 1 aliphatic rings. The van der Waals surface area contributed by atoms with Crippen molar-refractivity contribution in [2.75, 3.05) is 18.0 Å². The van der Waals surface area contributed by atoms with Gasteiger partial charge in [-0.3, -0.25) is 0 Å². The minimum atomic E-state index is 0. The van der Waals surface area contributed by atoms with E-state index in [-0.39, 0.29) is 12.4 Å². The minimum Gasteiger partial charge on any atom is -0.339 e. The van der Waals surface area contributed by atoms with Gasteiger partial charge in [0.1, 0.15) is 0 Å². The summed E-state index contributed by atoms with van der Waals surface area (Å²) in [5.74, 6) is 0.775. The van der Waals surface area contributed by atoms with Gasteiger partial charge in [0.25, 0.3) is 0 Å². The number of anilines is 1.